The van der Waals surface area contributed by atoms with Crippen LogP contribution in [-0.2, 0) is 11.3 Å². The summed E-state index contributed by atoms with van der Waals surface area (Å²) in [5.74, 6) is 0.730. The van der Waals surface area contributed by atoms with E-state index in [0.29, 0.717) is 16.6 Å². The summed E-state index contributed by atoms with van der Waals surface area (Å²) in [6.45, 7) is 0.630. The summed E-state index contributed by atoms with van der Waals surface area (Å²) < 4.78 is 5.55. The normalized spacial score (nSPS) is 11.9. The second kappa shape index (κ2) is 8.90. The van der Waals surface area contributed by atoms with Gasteiger partial charge in [0.15, 0.2) is 18.3 Å². The molecule has 0 aliphatic carbocycles. The first kappa shape index (κ1) is 18.5. The molecule has 26 heavy (non-hydrogen) atoms. The van der Waals surface area contributed by atoms with Crippen LogP contribution in [0.15, 0.2) is 71.3 Å². The molecule has 0 aliphatic heterocycles. The number of hydrogen-bond acceptors (Lipinski definition) is 2. The summed E-state index contributed by atoms with van der Waals surface area (Å²) in [6.07, 6.45) is 1.64. The number of halogens is 2. The van der Waals surface area contributed by atoms with Gasteiger partial charge in [0.05, 0.1) is 6.26 Å². The van der Waals surface area contributed by atoms with Gasteiger partial charge < -0.3 is 15.1 Å². The molecule has 3 aromatic rings. The molecule has 1 heterocycles. The van der Waals surface area contributed by atoms with Crippen molar-refractivity contribution in [1.29, 1.82) is 0 Å². The quantitative estimate of drug-likeness (QED) is 0.648. The Bertz CT molecular complexity index is 852. The highest BCUT2D eigenvalue weighted by atomic mass is 35.5. The van der Waals surface area contributed by atoms with Crippen LogP contribution in [0.2, 0.25) is 10.0 Å². The molecule has 134 valence electrons. The van der Waals surface area contributed by atoms with Crippen molar-refractivity contribution in [2.45, 2.75) is 12.6 Å². The van der Waals surface area contributed by atoms with Crippen molar-refractivity contribution in [2.75, 3.05) is 6.54 Å². The van der Waals surface area contributed by atoms with Crippen LogP contribution in [0.5, 0.6) is 0 Å². The Morgan fingerprint density at radius 1 is 1.08 bits per heavy atom. The van der Waals surface area contributed by atoms with Gasteiger partial charge in [0, 0.05) is 22.2 Å². The fourth-order valence-corrected chi connectivity index (χ4v) is 3.18. The van der Waals surface area contributed by atoms with E-state index in [1.807, 2.05) is 53.8 Å². The lowest BCUT2D eigenvalue weighted by Gasteiger charge is -2.14. The van der Waals surface area contributed by atoms with Crippen molar-refractivity contribution in [2.24, 2.45) is 0 Å². The summed E-state index contributed by atoms with van der Waals surface area (Å²) in [4.78, 5) is 12.3. The van der Waals surface area contributed by atoms with Gasteiger partial charge in [-0.1, -0.05) is 59.6 Å². The Hall–Kier alpha value is -2.27. The zero-order valence-electron chi connectivity index (χ0n) is 14.0. The average molecular weight is 390 g/mol. The first-order valence-electron chi connectivity index (χ1n) is 8.26. The molecule has 0 saturated heterocycles. The van der Waals surface area contributed by atoms with E-state index in [9.17, 15) is 4.79 Å². The molecule has 0 spiro atoms. The molecule has 2 aromatic carbocycles. The minimum absolute atomic E-state index is 0.0731. The minimum atomic E-state index is -0.0801. The first-order chi connectivity index (χ1) is 12.6. The highest BCUT2D eigenvalue weighted by Gasteiger charge is 2.21. The monoisotopic (exact) mass is 389 g/mol. The van der Waals surface area contributed by atoms with Gasteiger partial charge in [0.1, 0.15) is 0 Å². The van der Waals surface area contributed by atoms with Crippen LogP contribution >= 0.6 is 23.2 Å². The number of benzene rings is 2. The van der Waals surface area contributed by atoms with Crippen LogP contribution in [0.4, 0.5) is 0 Å². The SMILES string of the molecule is O=C(C[NH2+][C@@H](c1ccccc1)c1ccco1)NCc1ccc(Cl)cc1Cl. The Labute approximate surface area is 162 Å². The molecular formula is C20H19Cl2N2O2+. The molecule has 0 unspecified atom stereocenters. The molecule has 0 fully saturated rings. The highest BCUT2D eigenvalue weighted by molar-refractivity contribution is 6.35. The Balaban J connectivity index is 1.59. The molecule has 6 heteroatoms. The third kappa shape index (κ3) is 4.88. The molecule has 0 radical (unpaired) electrons. The van der Waals surface area contributed by atoms with Crippen molar-refractivity contribution >= 4 is 29.1 Å². The number of rotatable bonds is 7. The van der Waals surface area contributed by atoms with E-state index in [1.165, 1.54) is 0 Å². The lowest BCUT2D eigenvalue weighted by Crippen LogP contribution is -2.87. The zero-order valence-corrected chi connectivity index (χ0v) is 15.5. The maximum atomic E-state index is 12.3. The van der Waals surface area contributed by atoms with E-state index >= 15 is 0 Å². The van der Waals surface area contributed by atoms with Gasteiger partial charge in [-0.2, -0.15) is 0 Å². The summed E-state index contributed by atoms with van der Waals surface area (Å²) in [5, 5.41) is 5.95. The van der Waals surface area contributed by atoms with Gasteiger partial charge in [-0.3, -0.25) is 4.79 Å². The Kier molecular flexibility index (Phi) is 6.34. The van der Waals surface area contributed by atoms with Crippen molar-refractivity contribution in [3.8, 4) is 0 Å². The summed E-state index contributed by atoms with van der Waals surface area (Å²) in [7, 11) is 0. The number of quaternary nitrogens is 1. The molecule has 1 aromatic heterocycles. The van der Waals surface area contributed by atoms with E-state index in [4.69, 9.17) is 27.6 Å². The van der Waals surface area contributed by atoms with E-state index in [-0.39, 0.29) is 18.5 Å². The van der Waals surface area contributed by atoms with E-state index in [0.717, 1.165) is 16.9 Å². The number of hydrogen-bond donors (Lipinski definition) is 2. The highest BCUT2D eigenvalue weighted by Crippen LogP contribution is 2.21. The van der Waals surface area contributed by atoms with Crippen LogP contribution < -0.4 is 10.6 Å². The molecule has 0 saturated carbocycles. The number of carbonyl (C=O) groups is 1. The van der Waals surface area contributed by atoms with E-state index in [2.05, 4.69) is 5.32 Å². The van der Waals surface area contributed by atoms with Crippen LogP contribution in [-0.4, -0.2) is 12.5 Å². The van der Waals surface area contributed by atoms with Crippen molar-refractivity contribution in [3.63, 3.8) is 0 Å². The van der Waals surface area contributed by atoms with Crippen molar-refractivity contribution < 1.29 is 14.5 Å². The summed E-state index contributed by atoms with van der Waals surface area (Å²) in [5.41, 5.74) is 1.91. The number of furan rings is 1. The number of nitrogens with two attached hydrogens (primary N) is 1. The lowest BCUT2D eigenvalue weighted by molar-refractivity contribution is -0.678. The minimum Gasteiger partial charge on any atom is -0.463 e. The molecule has 3 N–H and O–H groups in total. The molecule has 0 aliphatic rings. The maximum absolute atomic E-state index is 12.3. The number of amides is 1. The fourth-order valence-electron chi connectivity index (χ4n) is 2.70. The first-order valence-corrected chi connectivity index (χ1v) is 9.01. The largest absolute Gasteiger partial charge is 0.463 e. The summed E-state index contributed by atoms with van der Waals surface area (Å²) in [6, 6.07) is 18.9. The van der Waals surface area contributed by atoms with Crippen molar-refractivity contribution in [1.82, 2.24) is 5.32 Å². The molecule has 1 amide bonds. The Morgan fingerprint density at radius 2 is 1.88 bits per heavy atom. The van der Waals surface area contributed by atoms with Crippen LogP contribution in [0.25, 0.3) is 0 Å². The van der Waals surface area contributed by atoms with Crippen molar-refractivity contribution in [3.05, 3.63) is 93.9 Å². The van der Waals surface area contributed by atoms with E-state index < -0.39 is 0 Å². The maximum Gasteiger partial charge on any atom is 0.275 e. The van der Waals surface area contributed by atoms with Gasteiger partial charge in [-0.05, 0) is 29.8 Å². The molecule has 3 rings (SSSR count). The summed E-state index contributed by atoms with van der Waals surface area (Å²) >= 11 is 12.0. The van der Waals surface area contributed by atoms with Gasteiger partial charge in [-0.25, -0.2) is 0 Å². The third-order valence-electron chi connectivity index (χ3n) is 4.04. The molecule has 1 atom stereocenters. The predicted octanol–water partition coefficient (Wildman–Crippen LogP) is 3.56. The zero-order chi connectivity index (χ0) is 18.4. The lowest BCUT2D eigenvalue weighted by atomic mass is 10.0. The van der Waals surface area contributed by atoms with Gasteiger partial charge >= 0.3 is 0 Å². The van der Waals surface area contributed by atoms with Crippen LogP contribution in [0, 0.1) is 0 Å². The topological polar surface area (TPSA) is 58.9 Å². The van der Waals surface area contributed by atoms with E-state index in [1.54, 1.807) is 18.4 Å². The predicted molar refractivity (Wildman–Crippen MR) is 102 cm³/mol. The van der Waals surface area contributed by atoms with Gasteiger partial charge in [0.2, 0.25) is 0 Å². The number of carbonyl (C=O) groups excluding carboxylic acids is 1. The van der Waals surface area contributed by atoms with Crippen LogP contribution in [0.1, 0.15) is 22.9 Å². The Morgan fingerprint density at radius 3 is 2.58 bits per heavy atom. The molecule has 0 bridgehead atoms. The second-order valence-electron chi connectivity index (χ2n) is 5.86. The molecule has 4 nitrogen and oxygen atoms in total. The average Bonchev–Trinajstić information content (AvgIpc) is 3.16. The molecular weight excluding hydrogens is 371 g/mol. The standard InChI is InChI=1S/C20H18Cl2N2O2/c21-16-9-8-15(17(22)11-16)12-23-19(25)13-24-20(18-7-4-10-26-18)14-5-2-1-3-6-14/h1-11,20,24H,12-13H2,(H,23,25)/p+1/t20-/m0/s1. The van der Waals surface area contributed by atoms with Gasteiger partial charge in [0.25, 0.3) is 5.91 Å². The number of nitrogens with one attached hydrogen (secondary N) is 1. The fraction of sp³-hybridized carbons (Fsp3) is 0.150. The third-order valence-corrected chi connectivity index (χ3v) is 4.63. The smallest absolute Gasteiger partial charge is 0.275 e. The van der Waals surface area contributed by atoms with Gasteiger partial charge in [-0.15, -0.1) is 0 Å². The van der Waals surface area contributed by atoms with Crippen LogP contribution in [0.3, 0.4) is 0 Å². The second-order valence-corrected chi connectivity index (χ2v) is 6.70.